The number of aromatic nitrogens is 3. The van der Waals surface area contributed by atoms with E-state index in [9.17, 15) is 8.78 Å². The van der Waals surface area contributed by atoms with Crippen LogP contribution in [0.25, 0.3) is 16.6 Å². The van der Waals surface area contributed by atoms with E-state index >= 15 is 0 Å². The van der Waals surface area contributed by atoms with E-state index in [1.165, 1.54) is 28.4 Å². The van der Waals surface area contributed by atoms with E-state index in [1.807, 2.05) is 31.2 Å². The summed E-state index contributed by atoms with van der Waals surface area (Å²) in [5, 5.41) is 8.62. The largest absolute Gasteiger partial charge is 0.487 e. The molecule has 0 atom stereocenters. The van der Waals surface area contributed by atoms with Gasteiger partial charge in [-0.05, 0) is 55.8 Å². The zero-order valence-corrected chi connectivity index (χ0v) is 22.3. The molecule has 0 saturated carbocycles. The molecule has 188 valence electrons. The molecule has 2 heterocycles. The SMILES string of the molecule is C/P=C(/CC(C)C)NCc1cc(F)cc(Cl)c1COc1cccc2c(-n3cc(F)cn3)cc(C)nc12. The van der Waals surface area contributed by atoms with Gasteiger partial charge in [0.1, 0.15) is 23.7 Å². The number of pyridine rings is 1. The average Bonchev–Trinajstić information content (AvgIpc) is 3.26. The second-order valence-corrected chi connectivity index (χ2v) is 10.4. The van der Waals surface area contributed by atoms with Crippen LogP contribution in [0.5, 0.6) is 5.75 Å². The van der Waals surface area contributed by atoms with Gasteiger partial charge >= 0.3 is 0 Å². The van der Waals surface area contributed by atoms with E-state index in [-0.39, 0.29) is 6.61 Å². The number of nitrogens with zero attached hydrogens (tertiary/aromatic N) is 3. The fourth-order valence-corrected chi connectivity index (χ4v) is 5.08. The third kappa shape index (κ3) is 6.09. The summed E-state index contributed by atoms with van der Waals surface area (Å²) < 4.78 is 35.6. The minimum absolute atomic E-state index is 0.139. The molecule has 0 aliphatic carbocycles. The van der Waals surface area contributed by atoms with Crippen molar-refractivity contribution in [2.24, 2.45) is 5.92 Å². The van der Waals surface area contributed by atoms with E-state index in [4.69, 9.17) is 16.3 Å². The molecule has 0 bridgehead atoms. The van der Waals surface area contributed by atoms with Gasteiger partial charge in [-0.25, -0.2) is 18.4 Å². The summed E-state index contributed by atoms with van der Waals surface area (Å²) in [6.07, 6.45) is 3.42. The molecule has 2 aromatic carbocycles. The van der Waals surface area contributed by atoms with Crippen LogP contribution in [0.1, 0.15) is 37.1 Å². The number of benzene rings is 2. The Labute approximate surface area is 216 Å². The third-order valence-corrected chi connectivity index (χ3v) is 6.90. The highest BCUT2D eigenvalue weighted by Crippen LogP contribution is 2.31. The molecular formula is C27H28ClF2N4OP. The lowest BCUT2D eigenvalue weighted by molar-refractivity contribution is 0.308. The maximum absolute atomic E-state index is 14.2. The van der Waals surface area contributed by atoms with Crippen LogP contribution in [0.2, 0.25) is 5.02 Å². The number of rotatable bonds is 9. The van der Waals surface area contributed by atoms with Gasteiger partial charge in [-0.1, -0.05) is 45.8 Å². The summed E-state index contributed by atoms with van der Waals surface area (Å²) in [6.45, 7) is 8.85. The molecular weight excluding hydrogens is 501 g/mol. The van der Waals surface area contributed by atoms with Gasteiger partial charge in [-0.2, -0.15) is 5.10 Å². The van der Waals surface area contributed by atoms with Crippen molar-refractivity contribution < 1.29 is 13.5 Å². The summed E-state index contributed by atoms with van der Waals surface area (Å²) in [5.74, 6) is 0.250. The molecule has 2 aromatic heterocycles. The highest BCUT2D eigenvalue weighted by molar-refractivity contribution is 7.39. The van der Waals surface area contributed by atoms with E-state index in [1.54, 1.807) is 0 Å². The number of hydrogen-bond acceptors (Lipinski definition) is 3. The number of ether oxygens (including phenoxy) is 1. The van der Waals surface area contributed by atoms with Crippen molar-refractivity contribution in [3.63, 3.8) is 0 Å². The Bertz CT molecular complexity index is 1420. The number of fused-ring (bicyclic) bond motifs is 1. The molecule has 0 radical (unpaired) electrons. The van der Waals surface area contributed by atoms with E-state index in [0.717, 1.165) is 37.5 Å². The summed E-state index contributed by atoms with van der Waals surface area (Å²) in [5.41, 5.74) is 4.69. The maximum atomic E-state index is 14.2. The van der Waals surface area contributed by atoms with Gasteiger partial charge < -0.3 is 4.74 Å². The van der Waals surface area contributed by atoms with Crippen molar-refractivity contribution in [3.05, 3.63) is 82.3 Å². The van der Waals surface area contributed by atoms with Crippen LogP contribution in [-0.2, 0) is 13.2 Å². The van der Waals surface area contributed by atoms with Crippen molar-refractivity contribution in [3.8, 4) is 11.4 Å². The van der Waals surface area contributed by atoms with Crippen LogP contribution in [0, 0.1) is 24.5 Å². The fourth-order valence-electron chi connectivity index (χ4n) is 4.02. The molecule has 5 nitrogen and oxygen atoms in total. The third-order valence-electron chi connectivity index (χ3n) is 5.69. The van der Waals surface area contributed by atoms with Crippen LogP contribution >= 0.6 is 19.8 Å². The molecule has 4 aromatic rings. The van der Waals surface area contributed by atoms with Crippen LogP contribution < -0.4 is 10.1 Å². The normalized spacial score (nSPS) is 12.1. The van der Waals surface area contributed by atoms with Crippen molar-refractivity contribution in [1.82, 2.24) is 20.1 Å². The Morgan fingerprint density at radius 3 is 2.69 bits per heavy atom. The molecule has 1 N–H and O–H groups in total. The van der Waals surface area contributed by atoms with E-state index in [0.29, 0.717) is 40.0 Å². The second kappa shape index (κ2) is 11.5. The molecule has 9 heteroatoms. The van der Waals surface area contributed by atoms with Crippen LogP contribution in [-0.4, -0.2) is 26.8 Å². The van der Waals surface area contributed by atoms with Crippen molar-refractivity contribution >= 4 is 36.1 Å². The van der Waals surface area contributed by atoms with E-state index < -0.39 is 11.6 Å². The monoisotopic (exact) mass is 528 g/mol. The number of para-hydroxylation sites is 1. The Kier molecular flexibility index (Phi) is 8.35. The summed E-state index contributed by atoms with van der Waals surface area (Å²) in [4.78, 5) is 4.67. The van der Waals surface area contributed by atoms with Crippen molar-refractivity contribution in [1.29, 1.82) is 0 Å². The minimum atomic E-state index is -0.423. The first-order chi connectivity index (χ1) is 17.2. The van der Waals surface area contributed by atoms with Gasteiger partial charge in [-0.15, -0.1) is 0 Å². The van der Waals surface area contributed by atoms with Crippen molar-refractivity contribution in [2.45, 2.75) is 40.3 Å². The molecule has 0 saturated heterocycles. The van der Waals surface area contributed by atoms with Crippen LogP contribution in [0.4, 0.5) is 8.78 Å². The van der Waals surface area contributed by atoms with Gasteiger partial charge in [0.15, 0.2) is 5.82 Å². The highest BCUT2D eigenvalue weighted by Gasteiger charge is 2.15. The average molecular weight is 529 g/mol. The smallest absolute Gasteiger partial charge is 0.161 e. The highest BCUT2D eigenvalue weighted by atomic mass is 35.5. The van der Waals surface area contributed by atoms with Gasteiger partial charge in [0.05, 0.1) is 23.1 Å². The summed E-state index contributed by atoms with van der Waals surface area (Å²) in [7, 11) is 1.15. The van der Waals surface area contributed by atoms with Crippen molar-refractivity contribution in [2.75, 3.05) is 6.66 Å². The van der Waals surface area contributed by atoms with Gasteiger partial charge in [-0.3, -0.25) is 5.32 Å². The first kappa shape index (κ1) is 26.2. The first-order valence-corrected chi connectivity index (χ1v) is 13.4. The van der Waals surface area contributed by atoms with Gasteiger partial charge in [0.2, 0.25) is 0 Å². The predicted molar refractivity (Wildman–Crippen MR) is 143 cm³/mol. The molecule has 0 amide bonds. The topological polar surface area (TPSA) is 52.0 Å². The Balaban J connectivity index is 1.64. The Morgan fingerprint density at radius 2 is 2.00 bits per heavy atom. The molecule has 0 fully saturated rings. The van der Waals surface area contributed by atoms with Gasteiger partial charge in [0, 0.05) is 28.6 Å². The lowest BCUT2D eigenvalue weighted by Gasteiger charge is -2.17. The predicted octanol–water partition coefficient (Wildman–Crippen LogP) is 7.08. The second-order valence-electron chi connectivity index (χ2n) is 8.97. The summed E-state index contributed by atoms with van der Waals surface area (Å²) >= 11 is 6.47. The minimum Gasteiger partial charge on any atom is -0.487 e. The van der Waals surface area contributed by atoms with Gasteiger partial charge in [0.25, 0.3) is 0 Å². The van der Waals surface area contributed by atoms with Crippen LogP contribution in [0.15, 0.2) is 48.8 Å². The molecule has 0 spiro atoms. The Morgan fingerprint density at radius 1 is 1.19 bits per heavy atom. The quantitative estimate of drug-likeness (QED) is 0.236. The molecule has 0 unspecified atom stereocenters. The Hall–Kier alpha value is -2.86. The maximum Gasteiger partial charge on any atom is 0.161 e. The standard InChI is InChI=1S/C27H28ClF2N4OP/c1-16(2)8-26(36-4)31-12-18-10-19(29)11-23(28)22(18)15-35-25-7-5-6-21-24(9-17(3)33-27(21)25)34-14-20(30)13-32-34/h5-7,9-11,13-14,16,31H,8,12,15H2,1-4H3. The van der Waals surface area contributed by atoms with E-state index in [2.05, 4.69) is 35.9 Å². The number of nitrogens with one attached hydrogen (secondary N) is 1. The zero-order chi connectivity index (χ0) is 25.8. The lowest BCUT2D eigenvalue weighted by atomic mass is 10.1. The molecule has 36 heavy (non-hydrogen) atoms. The number of hydrogen-bond donors (Lipinski definition) is 1. The summed E-state index contributed by atoms with van der Waals surface area (Å²) in [6, 6.07) is 10.2. The molecule has 0 aliphatic rings. The number of aryl methyl sites for hydroxylation is 1. The van der Waals surface area contributed by atoms with Crippen LogP contribution in [0.3, 0.4) is 0 Å². The number of halogens is 3. The molecule has 4 rings (SSSR count). The molecule has 0 aliphatic heterocycles. The lowest BCUT2D eigenvalue weighted by Crippen LogP contribution is -2.23. The zero-order valence-electron chi connectivity index (χ0n) is 20.6. The first-order valence-electron chi connectivity index (χ1n) is 11.6. The fraction of sp³-hybridized carbons (Fsp3) is 0.296.